The van der Waals surface area contributed by atoms with Gasteiger partial charge in [0.25, 0.3) is 0 Å². The summed E-state index contributed by atoms with van der Waals surface area (Å²) in [6.45, 7) is 5.25. The molecule has 2 rings (SSSR count). The summed E-state index contributed by atoms with van der Waals surface area (Å²) in [5, 5.41) is 4.57. The molecule has 0 bridgehead atoms. The van der Waals surface area contributed by atoms with Gasteiger partial charge in [0.15, 0.2) is 5.17 Å². The van der Waals surface area contributed by atoms with Gasteiger partial charge >= 0.3 is 0 Å². The molecule has 1 fully saturated rings. The monoisotopic (exact) mass is 312 g/mol. The van der Waals surface area contributed by atoms with Crippen LogP contribution >= 0.6 is 27.7 Å². The Morgan fingerprint density at radius 3 is 2.71 bits per heavy atom. The number of hydrogen-bond donors (Lipinski definition) is 1. The Kier molecular flexibility index (Phi) is 4.51. The Balaban J connectivity index is 1.91. The lowest BCUT2D eigenvalue weighted by molar-refractivity contribution is 0.503. The Morgan fingerprint density at radius 1 is 1.41 bits per heavy atom. The first-order valence-corrected chi connectivity index (χ1v) is 7.61. The van der Waals surface area contributed by atoms with Crippen molar-refractivity contribution < 1.29 is 0 Å². The predicted octanol–water partition coefficient (Wildman–Crippen LogP) is 3.67. The highest BCUT2D eigenvalue weighted by molar-refractivity contribution is 9.10. The third kappa shape index (κ3) is 3.75. The zero-order valence-electron chi connectivity index (χ0n) is 10.1. The second-order valence-electron chi connectivity index (χ2n) is 4.55. The number of nitrogens with zero attached hydrogens (tertiary/aromatic N) is 1. The van der Waals surface area contributed by atoms with Crippen molar-refractivity contribution in [1.29, 1.82) is 0 Å². The van der Waals surface area contributed by atoms with Crippen LogP contribution in [0.5, 0.6) is 0 Å². The van der Waals surface area contributed by atoms with Gasteiger partial charge in [-0.15, -0.1) is 0 Å². The highest BCUT2D eigenvalue weighted by atomic mass is 79.9. The lowest BCUT2D eigenvalue weighted by Gasteiger charge is -2.13. The Bertz CT molecular complexity index is 400. The van der Waals surface area contributed by atoms with Gasteiger partial charge in [-0.1, -0.05) is 53.7 Å². The van der Waals surface area contributed by atoms with Crippen LogP contribution in [0.3, 0.4) is 0 Å². The van der Waals surface area contributed by atoms with E-state index in [1.165, 1.54) is 5.56 Å². The summed E-state index contributed by atoms with van der Waals surface area (Å²) in [6, 6.07) is 8.90. The fraction of sp³-hybridized carbons (Fsp3) is 0.462. The highest BCUT2D eigenvalue weighted by Gasteiger charge is 2.22. The van der Waals surface area contributed by atoms with Crippen molar-refractivity contribution in [1.82, 2.24) is 5.32 Å². The van der Waals surface area contributed by atoms with Gasteiger partial charge in [0.1, 0.15) is 0 Å². The summed E-state index contributed by atoms with van der Waals surface area (Å²) in [6.07, 6.45) is 0. The molecule has 4 heteroatoms. The summed E-state index contributed by atoms with van der Waals surface area (Å²) in [7, 11) is 0. The van der Waals surface area contributed by atoms with Crippen molar-refractivity contribution in [3.05, 3.63) is 34.3 Å². The second kappa shape index (κ2) is 5.91. The normalized spacial score (nSPS) is 22.1. The average molecular weight is 313 g/mol. The van der Waals surface area contributed by atoms with Crippen LogP contribution in [0.15, 0.2) is 33.7 Å². The van der Waals surface area contributed by atoms with Gasteiger partial charge in [0.05, 0.1) is 6.54 Å². The number of hydrogen-bond acceptors (Lipinski definition) is 2. The van der Waals surface area contributed by atoms with E-state index < -0.39 is 0 Å². The van der Waals surface area contributed by atoms with Crippen molar-refractivity contribution in [2.45, 2.75) is 26.4 Å². The number of aliphatic imine (C=N–C) groups is 1. The van der Waals surface area contributed by atoms with Gasteiger partial charge in [-0.25, -0.2) is 0 Å². The van der Waals surface area contributed by atoms with Crippen molar-refractivity contribution in [3.63, 3.8) is 0 Å². The first-order chi connectivity index (χ1) is 8.15. The van der Waals surface area contributed by atoms with E-state index in [1.807, 2.05) is 11.8 Å². The summed E-state index contributed by atoms with van der Waals surface area (Å²) >= 11 is 5.27. The highest BCUT2D eigenvalue weighted by Crippen LogP contribution is 2.19. The molecule has 1 N–H and O–H groups in total. The van der Waals surface area contributed by atoms with Crippen LogP contribution in [0.25, 0.3) is 0 Å². The average Bonchev–Trinajstić information content (AvgIpc) is 2.77. The molecule has 2 nitrogen and oxygen atoms in total. The van der Waals surface area contributed by atoms with E-state index in [4.69, 9.17) is 0 Å². The maximum absolute atomic E-state index is 4.61. The minimum absolute atomic E-state index is 0.573. The molecular weight excluding hydrogens is 296 g/mol. The topological polar surface area (TPSA) is 24.4 Å². The van der Waals surface area contributed by atoms with Crippen LogP contribution in [0.2, 0.25) is 0 Å². The van der Waals surface area contributed by atoms with Gasteiger partial charge in [0, 0.05) is 16.3 Å². The molecule has 17 heavy (non-hydrogen) atoms. The molecule has 0 amide bonds. The van der Waals surface area contributed by atoms with Crippen molar-refractivity contribution in [2.75, 3.05) is 5.75 Å². The number of nitrogens with one attached hydrogen (secondary N) is 1. The standard InChI is InChI=1S/C13H17BrN2S/c1-9(2)12-8-17-13(16-12)15-7-10-3-5-11(14)6-4-10/h3-6,9,12H,7-8H2,1-2H3,(H,15,16). The third-order valence-electron chi connectivity index (χ3n) is 2.83. The molecule has 0 aromatic heterocycles. The van der Waals surface area contributed by atoms with E-state index in [0.29, 0.717) is 12.0 Å². The molecular formula is C13H17BrN2S. The molecule has 1 atom stereocenters. The quantitative estimate of drug-likeness (QED) is 0.921. The van der Waals surface area contributed by atoms with E-state index in [1.54, 1.807) is 0 Å². The number of benzene rings is 1. The lowest BCUT2D eigenvalue weighted by atomic mass is 10.1. The first kappa shape index (κ1) is 13.0. The fourth-order valence-electron chi connectivity index (χ4n) is 1.61. The smallest absolute Gasteiger partial charge is 0.157 e. The van der Waals surface area contributed by atoms with Crippen LogP contribution in [-0.2, 0) is 6.54 Å². The summed E-state index contributed by atoms with van der Waals surface area (Å²) in [5.41, 5.74) is 1.25. The summed E-state index contributed by atoms with van der Waals surface area (Å²) in [5.74, 6) is 1.81. The Hall–Kier alpha value is -0.480. The van der Waals surface area contributed by atoms with Crippen LogP contribution in [0.1, 0.15) is 19.4 Å². The van der Waals surface area contributed by atoms with E-state index in [2.05, 4.69) is 64.4 Å². The molecule has 0 spiro atoms. The van der Waals surface area contributed by atoms with Crippen LogP contribution in [0.4, 0.5) is 0 Å². The molecule has 1 aromatic carbocycles. The van der Waals surface area contributed by atoms with Gasteiger partial charge < -0.3 is 5.32 Å². The number of amidine groups is 1. The molecule has 1 aliphatic heterocycles. The largest absolute Gasteiger partial charge is 0.361 e. The van der Waals surface area contributed by atoms with Gasteiger partial charge in [-0.3, -0.25) is 4.99 Å². The third-order valence-corrected chi connectivity index (χ3v) is 4.41. The molecule has 0 saturated carbocycles. The van der Waals surface area contributed by atoms with Gasteiger partial charge in [-0.05, 0) is 23.6 Å². The van der Waals surface area contributed by atoms with Crippen LogP contribution < -0.4 is 5.32 Å². The first-order valence-electron chi connectivity index (χ1n) is 5.83. The molecule has 1 aliphatic rings. The summed E-state index contributed by atoms with van der Waals surface area (Å²) in [4.78, 5) is 4.61. The van der Waals surface area contributed by atoms with E-state index >= 15 is 0 Å². The van der Waals surface area contributed by atoms with Crippen molar-refractivity contribution >= 4 is 32.9 Å². The van der Waals surface area contributed by atoms with E-state index in [9.17, 15) is 0 Å². The summed E-state index contributed by atoms with van der Waals surface area (Å²) < 4.78 is 1.11. The Morgan fingerprint density at radius 2 is 2.12 bits per heavy atom. The zero-order valence-corrected chi connectivity index (χ0v) is 12.5. The van der Waals surface area contributed by atoms with Crippen LogP contribution in [-0.4, -0.2) is 17.0 Å². The molecule has 1 aromatic rings. The second-order valence-corrected chi connectivity index (χ2v) is 6.48. The van der Waals surface area contributed by atoms with E-state index in [-0.39, 0.29) is 0 Å². The zero-order chi connectivity index (χ0) is 12.3. The molecule has 0 radical (unpaired) electrons. The molecule has 92 valence electrons. The minimum Gasteiger partial charge on any atom is -0.361 e. The Labute approximate surface area is 115 Å². The minimum atomic E-state index is 0.573. The van der Waals surface area contributed by atoms with Crippen LogP contribution in [0, 0.1) is 5.92 Å². The lowest BCUT2D eigenvalue weighted by Crippen LogP contribution is -2.31. The molecule has 0 aliphatic carbocycles. The number of thioether (sulfide) groups is 1. The fourth-order valence-corrected chi connectivity index (χ4v) is 3.07. The van der Waals surface area contributed by atoms with Gasteiger partial charge in [0.2, 0.25) is 0 Å². The molecule has 1 unspecified atom stereocenters. The van der Waals surface area contributed by atoms with Crippen molar-refractivity contribution in [2.24, 2.45) is 10.9 Å². The SMILES string of the molecule is CC(C)C1CSC(=NCc2ccc(Br)cc2)N1. The van der Waals surface area contributed by atoms with Crippen molar-refractivity contribution in [3.8, 4) is 0 Å². The molecule has 1 saturated heterocycles. The maximum atomic E-state index is 4.61. The van der Waals surface area contributed by atoms with Gasteiger partial charge in [-0.2, -0.15) is 0 Å². The molecule has 1 heterocycles. The van der Waals surface area contributed by atoms with E-state index in [0.717, 1.165) is 21.9 Å². The predicted molar refractivity (Wildman–Crippen MR) is 79.5 cm³/mol. The number of rotatable bonds is 3. The maximum Gasteiger partial charge on any atom is 0.157 e. The number of halogens is 1.